The summed E-state index contributed by atoms with van der Waals surface area (Å²) in [6.45, 7) is 15.4. The molecule has 1 unspecified atom stereocenters. The van der Waals surface area contributed by atoms with Gasteiger partial charge >= 0.3 is 0 Å². The average molecular weight is 656 g/mol. The SMILES string of the molecule is C=CN=C(N=C)Nc1cc(C)c(C2CCN(CCC(=O)Nc3cccc4c3C(=O)N(C3CCC(=O)NC3=O)C4=O)CC2)cc1OC(C)C. The number of anilines is 2. The van der Waals surface area contributed by atoms with Crippen molar-refractivity contribution in [2.24, 2.45) is 9.98 Å². The van der Waals surface area contributed by atoms with Gasteiger partial charge in [0.15, 0.2) is 0 Å². The molecule has 0 radical (unpaired) electrons. The van der Waals surface area contributed by atoms with E-state index in [1.807, 2.05) is 19.9 Å². The molecule has 2 fully saturated rings. The number of hydrogen-bond acceptors (Lipinski definition) is 8. The highest BCUT2D eigenvalue weighted by Gasteiger charge is 2.45. The molecule has 252 valence electrons. The first-order valence-corrected chi connectivity index (χ1v) is 16.1. The van der Waals surface area contributed by atoms with E-state index < -0.39 is 29.7 Å². The maximum atomic E-state index is 13.3. The third-order valence-corrected chi connectivity index (χ3v) is 8.77. The summed E-state index contributed by atoms with van der Waals surface area (Å²) in [6.07, 6.45) is 3.47. The molecule has 3 heterocycles. The lowest BCUT2D eigenvalue weighted by atomic mass is 9.86. The van der Waals surface area contributed by atoms with Crippen LogP contribution in [0, 0.1) is 6.92 Å². The van der Waals surface area contributed by atoms with Gasteiger partial charge in [0.05, 0.1) is 28.6 Å². The minimum Gasteiger partial charge on any atom is -0.489 e. The maximum absolute atomic E-state index is 13.3. The van der Waals surface area contributed by atoms with Crippen molar-refractivity contribution in [1.29, 1.82) is 0 Å². The van der Waals surface area contributed by atoms with Crippen LogP contribution in [0.3, 0.4) is 0 Å². The van der Waals surface area contributed by atoms with Crippen LogP contribution in [0.25, 0.3) is 0 Å². The van der Waals surface area contributed by atoms with E-state index in [1.165, 1.54) is 17.8 Å². The number of hydrogen-bond donors (Lipinski definition) is 3. The van der Waals surface area contributed by atoms with E-state index in [1.54, 1.807) is 12.1 Å². The molecule has 3 N–H and O–H groups in total. The Morgan fingerprint density at radius 1 is 1.08 bits per heavy atom. The largest absolute Gasteiger partial charge is 0.489 e. The zero-order valence-electron chi connectivity index (χ0n) is 27.5. The van der Waals surface area contributed by atoms with Crippen molar-refractivity contribution in [3.8, 4) is 5.75 Å². The summed E-state index contributed by atoms with van der Waals surface area (Å²) >= 11 is 0. The standard InChI is InChI=1S/C35H41N7O6/c1-6-37-35(36-5)39-26-18-21(4)24(19-28(26)48-20(2)3)22-12-15-41(16-13-22)17-14-30(44)38-25-9-7-8-23-31(25)34(47)42(33(23)46)27-10-11-29(43)40-32(27)45/h6-9,18-20,22,27H,1,5,10-17H2,2-4H3,(H,37,39)(H,38,44)(H,40,43,45). The van der Waals surface area contributed by atoms with E-state index in [0.717, 1.165) is 42.1 Å². The van der Waals surface area contributed by atoms with Crippen molar-refractivity contribution in [2.75, 3.05) is 30.3 Å². The molecule has 48 heavy (non-hydrogen) atoms. The summed E-state index contributed by atoms with van der Waals surface area (Å²) in [7, 11) is 0. The Morgan fingerprint density at radius 2 is 1.83 bits per heavy atom. The Labute approximate surface area is 279 Å². The lowest BCUT2D eigenvalue weighted by molar-refractivity contribution is -0.136. The first kappa shape index (κ1) is 34.2. The van der Waals surface area contributed by atoms with Crippen LogP contribution in [0.5, 0.6) is 5.75 Å². The second kappa shape index (κ2) is 14.7. The number of carbonyl (C=O) groups excluding carboxylic acids is 5. The highest BCUT2D eigenvalue weighted by Crippen LogP contribution is 2.37. The van der Waals surface area contributed by atoms with Crippen LogP contribution in [-0.2, 0) is 14.4 Å². The van der Waals surface area contributed by atoms with Gasteiger partial charge in [0, 0.05) is 25.6 Å². The van der Waals surface area contributed by atoms with Gasteiger partial charge in [-0.1, -0.05) is 12.6 Å². The number of likely N-dealkylation sites (tertiary alicyclic amines) is 1. The zero-order chi connectivity index (χ0) is 34.5. The summed E-state index contributed by atoms with van der Waals surface area (Å²) in [5, 5.41) is 8.17. The van der Waals surface area contributed by atoms with Gasteiger partial charge in [-0.2, -0.15) is 0 Å². The maximum Gasteiger partial charge on any atom is 0.264 e. The first-order valence-electron chi connectivity index (χ1n) is 16.1. The smallest absolute Gasteiger partial charge is 0.264 e. The van der Waals surface area contributed by atoms with Crippen molar-refractivity contribution in [3.63, 3.8) is 0 Å². The number of aliphatic imine (C=N–C) groups is 2. The van der Waals surface area contributed by atoms with Gasteiger partial charge in [-0.25, -0.2) is 9.98 Å². The van der Waals surface area contributed by atoms with E-state index in [9.17, 15) is 24.0 Å². The molecule has 0 aliphatic carbocycles. The third-order valence-electron chi connectivity index (χ3n) is 8.77. The minimum atomic E-state index is -1.08. The summed E-state index contributed by atoms with van der Waals surface area (Å²) < 4.78 is 6.14. The van der Waals surface area contributed by atoms with Crippen molar-refractivity contribution < 1.29 is 28.7 Å². The Hall–Kier alpha value is -5.17. The van der Waals surface area contributed by atoms with Gasteiger partial charge < -0.3 is 20.3 Å². The van der Waals surface area contributed by atoms with Crippen molar-refractivity contribution in [3.05, 3.63) is 65.4 Å². The van der Waals surface area contributed by atoms with Crippen molar-refractivity contribution in [2.45, 2.75) is 70.9 Å². The Bertz CT molecular complexity index is 1690. The quantitative estimate of drug-likeness (QED) is 0.197. The highest BCUT2D eigenvalue weighted by molar-refractivity contribution is 6.26. The van der Waals surface area contributed by atoms with Crippen LogP contribution >= 0.6 is 0 Å². The number of imide groups is 2. The number of ether oxygens (including phenoxy) is 1. The molecule has 0 saturated carbocycles. The van der Waals surface area contributed by atoms with Crippen LogP contribution in [0.15, 0.2) is 53.1 Å². The molecular weight excluding hydrogens is 614 g/mol. The summed E-state index contributed by atoms with van der Waals surface area (Å²) in [6, 6.07) is 7.71. The molecule has 13 nitrogen and oxygen atoms in total. The van der Waals surface area contributed by atoms with Gasteiger partial charge in [0.25, 0.3) is 11.8 Å². The molecule has 3 aliphatic rings. The number of benzene rings is 2. The minimum absolute atomic E-state index is 0.0303. The molecule has 3 aliphatic heterocycles. The van der Waals surface area contributed by atoms with Crippen LogP contribution < -0.4 is 20.7 Å². The molecule has 5 amide bonds. The number of nitrogens with one attached hydrogen (secondary N) is 3. The van der Waals surface area contributed by atoms with E-state index in [4.69, 9.17) is 4.74 Å². The van der Waals surface area contributed by atoms with Gasteiger partial charge in [-0.3, -0.25) is 34.2 Å². The predicted octanol–water partition coefficient (Wildman–Crippen LogP) is 4.00. The molecule has 2 saturated heterocycles. The molecule has 0 aromatic heterocycles. The number of aryl methyl sites for hydroxylation is 1. The van der Waals surface area contributed by atoms with Crippen LogP contribution in [-0.4, -0.2) is 83.8 Å². The van der Waals surface area contributed by atoms with Gasteiger partial charge in [-0.15, -0.1) is 0 Å². The monoisotopic (exact) mass is 655 g/mol. The van der Waals surface area contributed by atoms with E-state index in [-0.39, 0.29) is 48.1 Å². The number of nitrogens with zero attached hydrogens (tertiary/aromatic N) is 4. The fraction of sp³-hybridized carbons (Fsp3) is 0.400. The molecule has 0 bridgehead atoms. The number of rotatable bonds is 10. The molecule has 5 rings (SSSR count). The second-order valence-corrected chi connectivity index (χ2v) is 12.4. The second-order valence-electron chi connectivity index (χ2n) is 12.4. The van der Waals surface area contributed by atoms with Crippen LogP contribution in [0.1, 0.15) is 83.7 Å². The molecular formula is C35H41N7O6. The Morgan fingerprint density at radius 3 is 2.50 bits per heavy atom. The number of fused-ring (bicyclic) bond motifs is 1. The van der Waals surface area contributed by atoms with Crippen molar-refractivity contribution >= 4 is 53.6 Å². The Kier molecular flexibility index (Phi) is 10.5. The van der Waals surface area contributed by atoms with Gasteiger partial charge in [0.1, 0.15) is 11.8 Å². The molecule has 2 aromatic rings. The number of piperidine rings is 2. The number of guanidine groups is 1. The highest BCUT2D eigenvalue weighted by atomic mass is 16.5. The number of carbonyl (C=O) groups is 5. The Balaban J connectivity index is 1.18. The third kappa shape index (κ3) is 7.36. The normalized spacial score (nSPS) is 18.9. The average Bonchev–Trinajstić information content (AvgIpc) is 3.30. The lowest BCUT2D eigenvalue weighted by Gasteiger charge is -2.33. The lowest BCUT2D eigenvalue weighted by Crippen LogP contribution is -2.54. The fourth-order valence-electron chi connectivity index (χ4n) is 6.47. The summed E-state index contributed by atoms with van der Waals surface area (Å²) in [5.74, 6) is -1.33. The van der Waals surface area contributed by atoms with Gasteiger partial charge in [-0.05, 0) is 101 Å². The zero-order valence-corrected chi connectivity index (χ0v) is 27.5. The van der Waals surface area contributed by atoms with Crippen molar-refractivity contribution in [1.82, 2.24) is 15.1 Å². The first-order chi connectivity index (χ1) is 23.0. The predicted molar refractivity (Wildman–Crippen MR) is 183 cm³/mol. The van der Waals surface area contributed by atoms with E-state index in [0.29, 0.717) is 24.2 Å². The van der Waals surface area contributed by atoms with E-state index in [2.05, 4.69) is 57.1 Å². The summed E-state index contributed by atoms with van der Waals surface area (Å²) in [5.41, 5.74) is 3.49. The molecule has 13 heteroatoms. The fourth-order valence-corrected chi connectivity index (χ4v) is 6.47. The van der Waals surface area contributed by atoms with Crippen LogP contribution in [0.2, 0.25) is 0 Å². The topological polar surface area (TPSA) is 162 Å². The van der Waals surface area contributed by atoms with Gasteiger partial charge in [0.2, 0.25) is 23.7 Å². The number of amides is 5. The summed E-state index contributed by atoms with van der Waals surface area (Å²) in [4.78, 5) is 74.7. The molecule has 1 atom stereocenters. The molecule has 0 spiro atoms. The molecule has 2 aromatic carbocycles. The van der Waals surface area contributed by atoms with Crippen LogP contribution in [0.4, 0.5) is 11.4 Å². The van der Waals surface area contributed by atoms with E-state index >= 15 is 0 Å².